The lowest BCUT2D eigenvalue weighted by molar-refractivity contribution is -0.200. The normalized spacial score (nSPS) is 38.3. The third-order valence-corrected chi connectivity index (χ3v) is 12.0. The van der Waals surface area contributed by atoms with Gasteiger partial charge in [-0.1, -0.05) is 25.8 Å². The van der Waals surface area contributed by atoms with Gasteiger partial charge in [0.2, 0.25) is 5.12 Å². The second-order valence-electron chi connectivity index (χ2n) is 13.5. The Bertz CT molecular complexity index is 1420. The van der Waals surface area contributed by atoms with E-state index in [9.17, 15) is 19.1 Å². The van der Waals surface area contributed by atoms with Crippen molar-refractivity contribution in [3.8, 4) is 5.69 Å². The first kappa shape index (κ1) is 26.4. The first-order valence-electron chi connectivity index (χ1n) is 14.8. The van der Waals surface area contributed by atoms with Crippen LogP contribution in [-0.2, 0) is 20.7 Å². The number of rotatable bonds is 4. The molecule has 0 radical (unpaired) electrons. The van der Waals surface area contributed by atoms with Crippen molar-refractivity contribution in [2.24, 2.45) is 34.5 Å². The summed E-state index contributed by atoms with van der Waals surface area (Å²) in [5, 5.41) is 16.2. The Labute approximate surface area is 239 Å². The van der Waals surface area contributed by atoms with E-state index in [0.717, 1.165) is 61.9 Å². The van der Waals surface area contributed by atoms with Crippen molar-refractivity contribution in [1.82, 2.24) is 9.78 Å². The molecule has 4 fully saturated rings. The summed E-state index contributed by atoms with van der Waals surface area (Å²) in [5.74, 6) is -0.274. The summed E-state index contributed by atoms with van der Waals surface area (Å²) in [7, 11) is 0. The van der Waals surface area contributed by atoms with E-state index in [-0.39, 0.29) is 46.0 Å². The summed E-state index contributed by atoms with van der Waals surface area (Å²) in [6, 6.07) is 6.38. The molecule has 6 nitrogen and oxygen atoms in total. The van der Waals surface area contributed by atoms with E-state index in [1.165, 1.54) is 17.7 Å². The van der Waals surface area contributed by atoms with Crippen LogP contribution in [0.3, 0.4) is 0 Å². The number of hydrogen-bond acceptors (Lipinski definition) is 5. The van der Waals surface area contributed by atoms with Crippen LogP contribution in [0.15, 0.2) is 36.0 Å². The molecule has 0 aliphatic heterocycles. The molecule has 0 saturated heterocycles. The third-order valence-electron chi connectivity index (χ3n) is 11.7. The predicted molar refractivity (Wildman–Crippen MR) is 151 cm³/mol. The third kappa shape index (κ3) is 3.54. The number of esters is 1. The highest BCUT2D eigenvalue weighted by molar-refractivity contribution is 7.96. The van der Waals surface area contributed by atoms with E-state index in [1.54, 1.807) is 12.1 Å². The average molecular weight is 565 g/mol. The number of benzene rings is 1. The topological polar surface area (TPSA) is 81.4 Å². The van der Waals surface area contributed by atoms with Crippen molar-refractivity contribution in [2.45, 2.75) is 83.3 Å². The Hall–Kier alpha value is -2.45. The van der Waals surface area contributed by atoms with Gasteiger partial charge < -0.3 is 9.84 Å². The van der Waals surface area contributed by atoms with Gasteiger partial charge in [0, 0.05) is 5.41 Å². The minimum atomic E-state index is -1.29. The standard InChI is InChI=1S/C32H37FN2O4S/c1-30-15-19-17-34-35(22-9-7-21(33)8-10-22)25(19)14-20(30)6-11-23-24-12-13-32(29(38)40,39-28(37)18-4-3-5-18)31(24,2)16-26(36)27(23)30/h7-10,14,17-18,23-24,26-27,36H,3-6,11-13,15-16H2,1-2H3,(H,38,40)/t23?,24-,26-,27+,30?,31?,32?/m0/s1. The maximum Gasteiger partial charge on any atom is 0.309 e. The summed E-state index contributed by atoms with van der Waals surface area (Å²) in [6.45, 7) is 4.34. The maximum absolute atomic E-state index is 13.5. The first-order chi connectivity index (χ1) is 19.1. The minimum absolute atomic E-state index is 0.0287. The lowest BCUT2D eigenvalue weighted by Gasteiger charge is -2.60. The van der Waals surface area contributed by atoms with Crippen LogP contribution in [0.4, 0.5) is 4.39 Å². The molecule has 1 aromatic heterocycles. The number of carbonyl (C=O) groups excluding carboxylic acids is 2. The van der Waals surface area contributed by atoms with Crippen LogP contribution in [-0.4, -0.2) is 37.7 Å². The Morgan fingerprint density at radius 1 is 1.15 bits per heavy atom. The smallest absolute Gasteiger partial charge is 0.309 e. The van der Waals surface area contributed by atoms with Gasteiger partial charge in [0.05, 0.1) is 29.6 Å². The lowest BCUT2D eigenvalue weighted by Crippen LogP contribution is -2.62. The van der Waals surface area contributed by atoms with E-state index in [1.807, 2.05) is 10.9 Å². The summed E-state index contributed by atoms with van der Waals surface area (Å²) in [4.78, 5) is 26.2. The minimum Gasteiger partial charge on any atom is -0.449 e. The molecular formula is C32H37FN2O4S. The monoisotopic (exact) mass is 564 g/mol. The highest BCUT2D eigenvalue weighted by Crippen LogP contribution is 2.68. The zero-order valence-electron chi connectivity index (χ0n) is 23.1. The number of thiol groups is 1. The van der Waals surface area contributed by atoms with Crippen LogP contribution >= 0.6 is 12.6 Å². The molecule has 5 aliphatic rings. The second kappa shape index (κ2) is 9.02. The number of nitrogens with zero attached hydrogens (tertiary/aromatic N) is 2. The zero-order chi connectivity index (χ0) is 28.0. The molecule has 0 spiro atoms. The number of fused-ring (bicyclic) bond motifs is 6. The molecule has 0 bridgehead atoms. The number of halogens is 1. The molecule has 1 aromatic carbocycles. The van der Waals surface area contributed by atoms with Gasteiger partial charge in [-0.15, -0.1) is 12.6 Å². The van der Waals surface area contributed by atoms with Crippen molar-refractivity contribution < 1.29 is 23.8 Å². The number of hydrogen-bond donors (Lipinski definition) is 2. The maximum atomic E-state index is 13.5. The number of aliphatic hydroxyl groups is 1. The molecule has 212 valence electrons. The van der Waals surface area contributed by atoms with Crippen LogP contribution in [0.2, 0.25) is 0 Å². The molecule has 1 N–H and O–H groups in total. The number of aromatic nitrogens is 2. The van der Waals surface area contributed by atoms with E-state index >= 15 is 0 Å². The molecule has 0 amide bonds. The Morgan fingerprint density at radius 3 is 2.58 bits per heavy atom. The fraction of sp³-hybridized carbons (Fsp3) is 0.594. The highest BCUT2D eigenvalue weighted by atomic mass is 32.1. The van der Waals surface area contributed by atoms with E-state index in [0.29, 0.717) is 12.8 Å². The van der Waals surface area contributed by atoms with Gasteiger partial charge in [-0.05, 0) is 110 Å². The fourth-order valence-electron chi connectivity index (χ4n) is 9.42. The zero-order valence-corrected chi connectivity index (χ0v) is 24.0. The molecule has 7 rings (SSSR count). The van der Waals surface area contributed by atoms with Crippen molar-refractivity contribution in [3.05, 3.63) is 53.1 Å². The van der Waals surface area contributed by atoms with E-state index in [2.05, 4.69) is 37.7 Å². The van der Waals surface area contributed by atoms with Gasteiger partial charge in [0.15, 0.2) is 5.60 Å². The van der Waals surface area contributed by atoms with Crippen LogP contribution in [0.25, 0.3) is 11.8 Å². The molecule has 4 unspecified atom stereocenters. The molecular weight excluding hydrogens is 527 g/mol. The van der Waals surface area contributed by atoms with Gasteiger partial charge in [-0.2, -0.15) is 5.10 Å². The second-order valence-corrected chi connectivity index (χ2v) is 13.9. The first-order valence-corrected chi connectivity index (χ1v) is 15.2. The summed E-state index contributed by atoms with van der Waals surface area (Å²) in [5.41, 5.74) is 2.10. The largest absolute Gasteiger partial charge is 0.449 e. The van der Waals surface area contributed by atoms with Crippen LogP contribution < -0.4 is 0 Å². The lowest BCUT2D eigenvalue weighted by atomic mass is 9.45. The van der Waals surface area contributed by atoms with Gasteiger partial charge in [-0.3, -0.25) is 9.59 Å². The quantitative estimate of drug-likeness (QED) is 0.368. The number of allylic oxidation sites excluding steroid dienone is 1. The molecule has 8 heteroatoms. The van der Waals surface area contributed by atoms with Crippen LogP contribution in [0.5, 0.6) is 0 Å². The molecule has 1 heterocycles. The molecule has 2 aromatic rings. The van der Waals surface area contributed by atoms with Crippen molar-refractivity contribution in [1.29, 1.82) is 0 Å². The summed E-state index contributed by atoms with van der Waals surface area (Å²) < 4.78 is 21.6. The Balaban J connectivity index is 1.22. The van der Waals surface area contributed by atoms with E-state index < -0.39 is 17.1 Å². The van der Waals surface area contributed by atoms with Crippen molar-refractivity contribution in [2.75, 3.05) is 0 Å². The van der Waals surface area contributed by atoms with Crippen LogP contribution in [0, 0.1) is 40.3 Å². The number of aliphatic hydroxyl groups excluding tert-OH is 1. The highest BCUT2D eigenvalue weighted by Gasteiger charge is 2.70. The SMILES string of the molecule is CC12Cc3cnn(-c4ccc(F)cc4)c3C=C1CCC1[C@@H]2[C@@H](O)CC2(C)[C@H]1CCC2(OC(=O)C1CCC1)C(=O)S. The van der Waals surface area contributed by atoms with Gasteiger partial charge >= 0.3 is 5.97 Å². The molecule has 40 heavy (non-hydrogen) atoms. The average Bonchev–Trinajstić information content (AvgIpc) is 3.39. The van der Waals surface area contributed by atoms with Gasteiger partial charge in [0.1, 0.15) is 5.82 Å². The van der Waals surface area contributed by atoms with Gasteiger partial charge in [0.25, 0.3) is 0 Å². The summed E-state index contributed by atoms with van der Waals surface area (Å²) in [6.07, 6.45) is 10.4. The van der Waals surface area contributed by atoms with E-state index in [4.69, 9.17) is 4.74 Å². The molecule has 5 aliphatic carbocycles. The molecule has 4 saturated carbocycles. The predicted octanol–water partition coefficient (Wildman–Crippen LogP) is 5.70. The fourth-order valence-corrected chi connectivity index (χ4v) is 9.84. The number of carbonyl (C=O) groups is 2. The Morgan fingerprint density at radius 2 is 1.90 bits per heavy atom. The molecule has 7 atom stereocenters. The Kier molecular flexibility index (Phi) is 5.97. The number of ether oxygens (including phenoxy) is 1. The van der Waals surface area contributed by atoms with Crippen molar-refractivity contribution >= 4 is 29.8 Å². The van der Waals surface area contributed by atoms with Crippen molar-refractivity contribution in [3.63, 3.8) is 0 Å². The van der Waals surface area contributed by atoms with Crippen LogP contribution in [0.1, 0.15) is 76.5 Å². The summed E-state index contributed by atoms with van der Waals surface area (Å²) >= 11 is 4.31. The van der Waals surface area contributed by atoms with Gasteiger partial charge in [-0.25, -0.2) is 9.07 Å².